The average Bonchev–Trinajstić information content (AvgIpc) is 2.55. The van der Waals surface area contributed by atoms with E-state index in [9.17, 15) is 4.79 Å². The van der Waals surface area contributed by atoms with E-state index in [-0.39, 0.29) is 12.5 Å². The molecule has 5 heteroatoms. The standard InChI is InChI=1S/C16H13N3O2/c1-2-11-21-14-8-6-13(7-9-14)12-18-19-16(20)15-5-3-4-10-17-15/h1,3-10,12H,11H2,(H,19,20)/b18-12+. The van der Waals surface area contributed by atoms with Crippen molar-refractivity contribution in [2.75, 3.05) is 6.61 Å². The van der Waals surface area contributed by atoms with Crippen LogP contribution in [-0.2, 0) is 0 Å². The van der Waals surface area contributed by atoms with Crippen molar-refractivity contribution in [1.82, 2.24) is 10.4 Å². The number of nitrogens with zero attached hydrogens (tertiary/aromatic N) is 2. The minimum absolute atomic E-state index is 0.230. The smallest absolute Gasteiger partial charge is 0.289 e. The number of pyridine rings is 1. The molecule has 1 amide bonds. The van der Waals surface area contributed by atoms with Crippen LogP contribution in [0.4, 0.5) is 0 Å². The number of carbonyl (C=O) groups is 1. The summed E-state index contributed by atoms with van der Waals surface area (Å²) in [4.78, 5) is 15.6. The summed E-state index contributed by atoms with van der Waals surface area (Å²) in [6.07, 6.45) is 8.19. The van der Waals surface area contributed by atoms with Crippen molar-refractivity contribution in [1.29, 1.82) is 0 Å². The minimum atomic E-state index is -0.360. The Balaban J connectivity index is 1.90. The van der Waals surface area contributed by atoms with E-state index in [2.05, 4.69) is 21.4 Å². The van der Waals surface area contributed by atoms with Crippen molar-refractivity contribution < 1.29 is 9.53 Å². The van der Waals surface area contributed by atoms with Crippen LogP contribution >= 0.6 is 0 Å². The molecule has 104 valence electrons. The molecule has 0 spiro atoms. The Bertz CT molecular complexity index is 658. The van der Waals surface area contributed by atoms with Gasteiger partial charge in [0.05, 0.1) is 6.21 Å². The van der Waals surface area contributed by atoms with Gasteiger partial charge in [-0.25, -0.2) is 5.43 Å². The second kappa shape index (κ2) is 7.46. The molecule has 0 saturated heterocycles. The van der Waals surface area contributed by atoms with Gasteiger partial charge >= 0.3 is 0 Å². The van der Waals surface area contributed by atoms with Crippen molar-refractivity contribution in [2.45, 2.75) is 0 Å². The second-order valence-electron chi connectivity index (χ2n) is 3.98. The van der Waals surface area contributed by atoms with E-state index in [0.717, 1.165) is 5.56 Å². The fourth-order valence-corrected chi connectivity index (χ4v) is 1.49. The van der Waals surface area contributed by atoms with Crippen molar-refractivity contribution in [2.24, 2.45) is 5.10 Å². The summed E-state index contributed by atoms with van der Waals surface area (Å²) in [7, 11) is 0. The van der Waals surface area contributed by atoms with Crippen LogP contribution < -0.4 is 10.2 Å². The summed E-state index contributed by atoms with van der Waals surface area (Å²) in [5.74, 6) is 2.71. The highest BCUT2D eigenvalue weighted by atomic mass is 16.5. The van der Waals surface area contributed by atoms with Gasteiger partial charge in [-0.05, 0) is 42.0 Å². The molecule has 1 aromatic carbocycles. The third-order valence-electron chi connectivity index (χ3n) is 2.48. The maximum atomic E-state index is 11.7. The number of hydrogen-bond acceptors (Lipinski definition) is 4. The predicted octanol–water partition coefficient (Wildman–Crippen LogP) is 1.86. The number of rotatable bonds is 5. The zero-order valence-electron chi connectivity index (χ0n) is 11.2. The highest BCUT2D eigenvalue weighted by Crippen LogP contribution is 2.10. The molecule has 2 rings (SSSR count). The molecular weight excluding hydrogens is 266 g/mol. The number of nitrogens with one attached hydrogen (secondary N) is 1. The Kier molecular flexibility index (Phi) is 5.07. The van der Waals surface area contributed by atoms with Crippen LogP contribution in [0.5, 0.6) is 5.75 Å². The molecule has 1 aromatic heterocycles. The number of hydrazone groups is 1. The number of benzene rings is 1. The molecule has 0 saturated carbocycles. The summed E-state index contributed by atoms with van der Waals surface area (Å²) in [6, 6.07) is 12.3. The lowest BCUT2D eigenvalue weighted by atomic mass is 10.2. The Morgan fingerprint density at radius 2 is 2.14 bits per heavy atom. The first-order chi connectivity index (χ1) is 10.3. The van der Waals surface area contributed by atoms with E-state index in [4.69, 9.17) is 11.2 Å². The number of hydrogen-bond donors (Lipinski definition) is 1. The number of carbonyl (C=O) groups excluding carboxylic acids is 1. The Hall–Kier alpha value is -3.13. The molecule has 0 fully saturated rings. The largest absolute Gasteiger partial charge is 0.481 e. The summed E-state index contributed by atoms with van der Waals surface area (Å²) >= 11 is 0. The molecule has 0 atom stereocenters. The number of aromatic nitrogens is 1. The van der Waals surface area contributed by atoms with Gasteiger partial charge in [-0.15, -0.1) is 6.42 Å². The minimum Gasteiger partial charge on any atom is -0.481 e. The highest BCUT2D eigenvalue weighted by molar-refractivity contribution is 5.93. The van der Waals surface area contributed by atoms with E-state index < -0.39 is 0 Å². The van der Waals surface area contributed by atoms with Crippen LogP contribution in [0.25, 0.3) is 0 Å². The first kappa shape index (κ1) is 14.3. The normalized spacial score (nSPS) is 10.0. The summed E-state index contributed by atoms with van der Waals surface area (Å²) in [5.41, 5.74) is 3.54. The lowest BCUT2D eigenvalue weighted by Crippen LogP contribution is -2.18. The molecular formula is C16H13N3O2. The summed E-state index contributed by atoms with van der Waals surface area (Å²) in [6.45, 7) is 0.230. The van der Waals surface area contributed by atoms with Crippen LogP contribution in [0.1, 0.15) is 16.1 Å². The van der Waals surface area contributed by atoms with Gasteiger partial charge in [0.1, 0.15) is 18.1 Å². The lowest BCUT2D eigenvalue weighted by Gasteiger charge is -2.01. The zero-order valence-corrected chi connectivity index (χ0v) is 11.2. The number of amides is 1. The first-order valence-corrected chi connectivity index (χ1v) is 6.20. The maximum absolute atomic E-state index is 11.7. The molecule has 0 aliphatic carbocycles. The van der Waals surface area contributed by atoms with Crippen LogP contribution in [-0.4, -0.2) is 23.7 Å². The van der Waals surface area contributed by atoms with Gasteiger partial charge in [0.15, 0.2) is 0 Å². The molecule has 2 aromatic rings. The zero-order chi connectivity index (χ0) is 14.9. The molecule has 0 aliphatic rings. The van der Waals surface area contributed by atoms with Gasteiger partial charge in [-0.2, -0.15) is 5.10 Å². The van der Waals surface area contributed by atoms with Crippen LogP contribution in [0.15, 0.2) is 53.8 Å². The lowest BCUT2D eigenvalue weighted by molar-refractivity contribution is 0.0950. The Morgan fingerprint density at radius 3 is 2.81 bits per heavy atom. The van der Waals surface area contributed by atoms with Crippen molar-refractivity contribution in [3.63, 3.8) is 0 Å². The molecule has 0 unspecified atom stereocenters. The highest BCUT2D eigenvalue weighted by Gasteiger charge is 2.03. The van der Waals surface area contributed by atoms with Crippen molar-refractivity contribution >= 4 is 12.1 Å². The third-order valence-corrected chi connectivity index (χ3v) is 2.48. The fraction of sp³-hybridized carbons (Fsp3) is 0.0625. The van der Waals surface area contributed by atoms with Crippen LogP contribution in [0, 0.1) is 12.3 Å². The SMILES string of the molecule is C#CCOc1ccc(/C=N/NC(=O)c2ccccn2)cc1. The van der Waals surface area contributed by atoms with Gasteiger partial charge in [-0.3, -0.25) is 9.78 Å². The second-order valence-corrected chi connectivity index (χ2v) is 3.98. The molecule has 1 heterocycles. The summed E-state index contributed by atoms with van der Waals surface area (Å²) < 4.78 is 5.25. The monoisotopic (exact) mass is 279 g/mol. The van der Waals surface area contributed by atoms with E-state index in [0.29, 0.717) is 11.4 Å². The Morgan fingerprint density at radius 1 is 1.33 bits per heavy atom. The van der Waals surface area contributed by atoms with Crippen molar-refractivity contribution in [3.8, 4) is 18.1 Å². The Labute approximate surface area is 122 Å². The molecule has 1 N–H and O–H groups in total. The summed E-state index contributed by atoms with van der Waals surface area (Å²) in [5, 5.41) is 3.87. The fourth-order valence-electron chi connectivity index (χ4n) is 1.49. The maximum Gasteiger partial charge on any atom is 0.289 e. The van der Waals surface area contributed by atoms with E-state index in [1.807, 2.05) is 12.1 Å². The van der Waals surface area contributed by atoms with Gasteiger partial charge < -0.3 is 4.74 Å². The molecule has 21 heavy (non-hydrogen) atoms. The van der Waals surface area contributed by atoms with Gasteiger partial charge in [0, 0.05) is 6.20 Å². The third kappa shape index (κ3) is 4.48. The van der Waals surface area contributed by atoms with E-state index in [1.165, 1.54) is 6.21 Å². The van der Waals surface area contributed by atoms with Gasteiger partial charge in [-0.1, -0.05) is 12.0 Å². The van der Waals surface area contributed by atoms with Crippen LogP contribution in [0.2, 0.25) is 0 Å². The molecule has 0 radical (unpaired) electrons. The molecule has 0 bridgehead atoms. The predicted molar refractivity (Wildman–Crippen MR) is 80.1 cm³/mol. The van der Waals surface area contributed by atoms with Crippen molar-refractivity contribution in [3.05, 3.63) is 59.9 Å². The molecule has 5 nitrogen and oxygen atoms in total. The van der Waals surface area contributed by atoms with E-state index in [1.54, 1.807) is 36.5 Å². The number of terminal acetylenes is 1. The average molecular weight is 279 g/mol. The topological polar surface area (TPSA) is 63.6 Å². The first-order valence-electron chi connectivity index (χ1n) is 6.20. The van der Waals surface area contributed by atoms with Crippen LogP contribution in [0.3, 0.4) is 0 Å². The molecule has 0 aliphatic heterocycles. The van der Waals surface area contributed by atoms with E-state index >= 15 is 0 Å². The number of ether oxygens (including phenoxy) is 1. The van der Waals surface area contributed by atoms with Gasteiger partial charge in [0.2, 0.25) is 0 Å². The quantitative estimate of drug-likeness (QED) is 0.516. The van der Waals surface area contributed by atoms with Gasteiger partial charge in [0.25, 0.3) is 5.91 Å².